The number of aryl methyl sites for hydroxylation is 3. The zero-order chi connectivity index (χ0) is 29.3. The van der Waals surface area contributed by atoms with E-state index in [-0.39, 0.29) is 17.0 Å². The molecular formula is C32H31F3N4O2. The fourth-order valence-electron chi connectivity index (χ4n) is 5.32. The van der Waals surface area contributed by atoms with Crippen molar-refractivity contribution in [1.29, 1.82) is 0 Å². The summed E-state index contributed by atoms with van der Waals surface area (Å²) in [5.41, 5.74) is 4.39. The number of likely N-dealkylation sites (tertiary alicyclic amines) is 1. The summed E-state index contributed by atoms with van der Waals surface area (Å²) in [7, 11) is 1.89. The molecule has 4 aromatic rings. The maximum absolute atomic E-state index is 13.3. The van der Waals surface area contributed by atoms with Gasteiger partial charge in [0.15, 0.2) is 0 Å². The third-order valence-corrected chi connectivity index (χ3v) is 7.73. The number of halogens is 3. The lowest BCUT2D eigenvalue weighted by Crippen LogP contribution is -2.38. The molecule has 9 heteroatoms. The van der Waals surface area contributed by atoms with Gasteiger partial charge in [0.2, 0.25) is 0 Å². The van der Waals surface area contributed by atoms with Gasteiger partial charge in [-0.3, -0.25) is 14.3 Å². The number of nitrogens with zero attached hydrogens (tertiary/aromatic N) is 3. The molecule has 3 aromatic carbocycles. The van der Waals surface area contributed by atoms with Gasteiger partial charge in [0.1, 0.15) is 0 Å². The monoisotopic (exact) mass is 560 g/mol. The number of hydrogen-bond donors (Lipinski definition) is 1. The highest BCUT2D eigenvalue weighted by Gasteiger charge is 2.32. The molecule has 0 bridgehead atoms. The molecule has 1 fully saturated rings. The first-order valence-electron chi connectivity index (χ1n) is 13.5. The zero-order valence-corrected chi connectivity index (χ0v) is 23.1. The van der Waals surface area contributed by atoms with Gasteiger partial charge in [0.05, 0.1) is 11.8 Å². The first-order chi connectivity index (χ1) is 19.5. The van der Waals surface area contributed by atoms with Gasteiger partial charge in [0.25, 0.3) is 11.8 Å². The molecule has 0 atom stereocenters. The van der Waals surface area contributed by atoms with Crippen molar-refractivity contribution in [2.75, 3.05) is 18.4 Å². The normalized spacial score (nSPS) is 14.2. The van der Waals surface area contributed by atoms with Crippen LogP contribution in [0.1, 0.15) is 61.7 Å². The van der Waals surface area contributed by atoms with Gasteiger partial charge in [-0.1, -0.05) is 30.3 Å². The molecule has 6 nitrogen and oxygen atoms in total. The number of piperidine rings is 1. The summed E-state index contributed by atoms with van der Waals surface area (Å²) in [5.74, 6) is -0.289. The highest BCUT2D eigenvalue weighted by Crippen LogP contribution is 2.33. The van der Waals surface area contributed by atoms with Crippen LogP contribution in [0.3, 0.4) is 0 Å². The second kappa shape index (κ2) is 11.2. The number of hydrogen-bond acceptors (Lipinski definition) is 3. The first kappa shape index (κ1) is 28.1. The number of anilines is 1. The number of amides is 2. The lowest BCUT2D eigenvalue weighted by molar-refractivity contribution is -0.138. The van der Waals surface area contributed by atoms with Crippen LogP contribution in [0.5, 0.6) is 0 Å². The summed E-state index contributed by atoms with van der Waals surface area (Å²) < 4.78 is 41.1. The molecule has 41 heavy (non-hydrogen) atoms. The Bertz CT molecular complexity index is 1580. The van der Waals surface area contributed by atoms with Gasteiger partial charge < -0.3 is 10.2 Å². The number of carbonyl (C=O) groups excluding carboxylic acids is 2. The number of alkyl halides is 3. The maximum atomic E-state index is 13.3. The molecule has 2 amide bonds. The summed E-state index contributed by atoms with van der Waals surface area (Å²) in [6.45, 7) is 4.36. The highest BCUT2D eigenvalue weighted by molar-refractivity contribution is 6.05. The van der Waals surface area contributed by atoms with Crippen LogP contribution in [0.4, 0.5) is 18.9 Å². The lowest BCUT2D eigenvalue weighted by atomic mass is 9.88. The molecular weight excluding hydrogens is 529 g/mol. The maximum Gasteiger partial charge on any atom is 0.416 e. The van der Waals surface area contributed by atoms with Crippen LogP contribution in [0.15, 0.2) is 73.1 Å². The van der Waals surface area contributed by atoms with E-state index in [4.69, 9.17) is 0 Å². The molecule has 0 spiro atoms. The molecule has 1 aromatic heterocycles. The fourth-order valence-corrected chi connectivity index (χ4v) is 5.32. The minimum absolute atomic E-state index is 0.0290. The van der Waals surface area contributed by atoms with Gasteiger partial charge in [-0.2, -0.15) is 18.3 Å². The predicted molar refractivity (Wildman–Crippen MR) is 152 cm³/mol. The molecule has 0 saturated carbocycles. The second-order valence-corrected chi connectivity index (χ2v) is 10.6. The Morgan fingerprint density at radius 3 is 2.17 bits per heavy atom. The zero-order valence-electron chi connectivity index (χ0n) is 23.1. The van der Waals surface area contributed by atoms with Gasteiger partial charge in [-0.15, -0.1) is 0 Å². The molecule has 0 radical (unpaired) electrons. The quantitative estimate of drug-likeness (QED) is 0.286. The van der Waals surface area contributed by atoms with Crippen molar-refractivity contribution in [3.63, 3.8) is 0 Å². The standard InChI is InChI=1S/C32H31F3N4O2/c1-20-4-5-26(17-29(20)37-30(40)25-10-11-28(21(2)16-25)32(33,34)35)31(41)39-14-12-24(13-15-39)22-6-8-23(9-7-22)27-18-36-38(3)19-27/h4-11,16-19,24H,12-15H2,1-3H3,(H,37,40). The van der Waals surface area contributed by atoms with Gasteiger partial charge in [-0.05, 0) is 85.2 Å². The molecule has 0 unspecified atom stereocenters. The first-order valence-corrected chi connectivity index (χ1v) is 13.5. The molecule has 1 saturated heterocycles. The van der Waals surface area contributed by atoms with Crippen LogP contribution in [0.25, 0.3) is 11.1 Å². The largest absolute Gasteiger partial charge is 0.416 e. The molecule has 5 rings (SSSR count). The SMILES string of the molecule is Cc1ccc(C(=O)N2CCC(c3ccc(-c4cnn(C)c4)cc3)CC2)cc1NC(=O)c1ccc(C(F)(F)F)c(C)c1. The Kier molecular flexibility index (Phi) is 7.71. The van der Waals surface area contributed by atoms with E-state index >= 15 is 0 Å². The van der Waals surface area contributed by atoms with Crippen LogP contribution < -0.4 is 5.32 Å². The summed E-state index contributed by atoms with van der Waals surface area (Å²) in [4.78, 5) is 28.0. The molecule has 212 valence electrons. The summed E-state index contributed by atoms with van der Waals surface area (Å²) in [6, 6.07) is 16.9. The summed E-state index contributed by atoms with van der Waals surface area (Å²) in [5, 5.41) is 6.99. The number of benzene rings is 3. The van der Waals surface area contributed by atoms with Crippen molar-refractivity contribution in [3.05, 3.63) is 106 Å². The molecule has 1 aliphatic heterocycles. The molecule has 1 N–H and O–H groups in total. The predicted octanol–water partition coefficient (Wildman–Crippen LogP) is 6.99. The van der Waals surface area contributed by atoms with Crippen molar-refractivity contribution in [1.82, 2.24) is 14.7 Å². The number of aromatic nitrogens is 2. The third-order valence-electron chi connectivity index (χ3n) is 7.73. The van der Waals surface area contributed by atoms with Gasteiger partial charge >= 0.3 is 6.18 Å². The van der Waals surface area contributed by atoms with Crippen molar-refractivity contribution >= 4 is 17.5 Å². The lowest BCUT2D eigenvalue weighted by Gasteiger charge is -2.32. The van der Waals surface area contributed by atoms with Crippen LogP contribution in [-0.4, -0.2) is 39.6 Å². The van der Waals surface area contributed by atoms with E-state index in [0.717, 1.165) is 41.7 Å². The summed E-state index contributed by atoms with van der Waals surface area (Å²) in [6.07, 6.45) is 1.04. The second-order valence-electron chi connectivity index (χ2n) is 10.6. The van der Waals surface area contributed by atoms with Crippen molar-refractivity contribution < 1.29 is 22.8 Å². The van der Waals surface area contributed by atoms with Crippen LogP contribution in [0, 0.1) is 13.8 Å². The Morgan fingerprint density at radius 1 is 0.878 bits per heavy atom. The average molecular weight is 561 g/mol. The van der Waals surface area contributed by atoms with Gasteiger partial charge in [0, 0.05) is 48.7 Å². The van der Waals surface area contributed by atoms with Crippen molar-refractivity contribution in [2.45, 2.75) is 38.8 Å². The van der Waals surface area contributed by atoms with Gasteiger partial charge in [-0.25, -0.2) is 0 Å². The Morgan fingerprint density at radius 2 is 1.56 bits per heavy atom. The molecule has 0 aliphatic carbocycles. The van der Waals surface area contributed by atoms with E-state index in [9.17, 15) is 22.8 Å². The van der Waals surface area contributed by atoms with Crippen LogP contribution >= 0.6 is 0 Å². The minimum Gasteiger partial charge on any atom is -0.339 e. The molecule has 1 aliphatic rings. The van der Waals surface area contributed by atoms with E-state index in [2.05, 4.69) is 34.7 Å². The van der Waals surface area contributed by atoms with Crippen LogP contribution in [0.2, 0.25) is 0 Å². The highest BCUT2D eigenvalue weighted by atomic mass is 19.4. The van der Waals surface area contributed by atoms with E-state index in [1.165, 1.54) is 18.6 Å². The van der Waals surface area contributed by atoms with E-state index < -0.39 is 17.6 Å². The number of nitrogens with one attached hydrogen (secondary N) is 1. The summed E-state index contributed by atoms with van der Waals surface area (Å²) >= 11 is 0. The number of carbonyl (C=O) groups is 2. The Hall–Kier alpha value is -4.40. The van der Waals surface area contributed by atoms with Crippen molar-refractivity contribution in [2.24, 2.45) is 7.05 Å². The smallest absolute Gasteiger partial charge is 0.339 e. The molecule has 2 heterocycles. The van der Waals surface area contributed by atoms with E-state index in [1.54, 1.807) is 29.8 Å². The average Bonchev–Trinajstić information content (AvgIpc) is 3.39. The Balaban J connectivity index is 1.22. The van der Waals surface area contributed by atoms with E-state index in [0.29, 0.717) is 30.3 Å². The van der Waals surface area contributed by atoms with Crippen LogP contribution in [-0.2, 0) is 13.2 Å². The van der Waals surface area contributed by atoms with E-state index in [1.807, 2.05) is 24.3 Å². The fraction of sp³-hybridized carbons (Fsp3) is 0.281. The topological polar surface area (TPSA) is 67.2 Å². The van der Waals surface area contributed by atoms with Crippen molar-refractivity contribution in [3.8, 4) is 11.1 Å². The Labute approximate surface area is 236 Å². The third kappa shape index (κ3) is 6.19. The minimum atomic E-state index is -4.48. The number of rotatable bonds is 5.